The summed E-state index contributed by atoms with van der Waals surface area (Å²) < 4.78 is 5.26. The Balaban J connectivity index is 1.61. The Morgan fingerprint density at radius 2 is 2.00 bits per heavy atom. The van der Waals surface area contributed by atoms with Crippen LogP contribution in [0.5, 0.6) is 5.75 Å². The molecule has 1 saturated carbocycles. The maximum absolute atomic E-state index is 12.6. The van der Waals surface area contributed by atoms with E-state index in [0.29, 0.717) is 24.0 Å². The van der Waals surface area contributed by atoms with Crippen LogP contribution in [0, 0.1) is 0 Å². The van der Waals surface area contributed by atoms with Crippen LogP contribution in [0.2, 0.25) is 0 Å². The zero-order valence-corrected chi connectivity index (χ0v) is 14.7. The van der Waals surface area contributed by atoms with Crippen LogP contribution in [0.15, 0.2) is 54.6 Å². The summed E-state index contributed by atoms with van der Waals surface area (Å²) in [4.78, 5) is 17.3. The molecule has 1 aliphatic carbocycles. The molecule has 5 heteroatoms. The number of carbonyl (C=O) groups is 1. The van der Waals surface area contributed by atoms with Crippen molar-refractivity contribution in [2.75, 3.05) is 12.4 Å². The molecule has 0 saturated heterocycles. The van der Waals surface area contributed by atoms with Crippen LogP contribution in [0.4, 0.5) is 5.82 Å². The number of amides is 1. The average molecular weight is 347 g/mol. The van der Waals surface area contributed by atoms with Crippen molar-refractivity contribution in [3.8, 4) is 5.75 Å². The minimum atomic E-state index is -0.0319. The maximum atomic E-state index is 12.6. The summed E-state index contributed by atoms with van der Waals surface area (Å²) in [5.41, 5.74) is 2.56. The van der Waals surface area contributed by atoms with Crippen molar-refractivity contribution in [2.45, 2.75) is 25.4 Å². The fraction of sp³-hybridized carbons (Fsp3) is 0.238. The van der Waals surface area contributed by atoms with Gasteiger partial charge in [-0.2, -0.15) is 0 Å². The summed E-state index contributed by atoms with van der Waals surface area (Å²) in [7, 11) is 1.65. The summed E-state index contributed by atoms with van der Waals surface area (Å²) in [6, 6.07) is 17.8. The van der Waals surface area contributed by atoms with E-state index < -0.39 is 0 Å². The summed E-state index contributed by atoms with van der Waals surface area (Å²) >= 11 is 0. The topological polar surface area (TPSA) is 63.2 Å². The van der Waals surface area contributed by atoms with Gasteiger partial charge >= 0.3 is 0 Å². The molecule has 2 aromatic carbocycles. The molecule has 0 atom stereocenters. The number of aromatic nitrogens is 1. The standard InChI is InChI=1S/C21H21N3O2/c1-26-16-6-4-5-14(11-16)13-22-20-12-18(21(25)23-15-9-10-15)17-7-2-3-8-19(17)24-20/h2-8,11-12,15H,9-10,13H2,1H3,(H,22,24)(H,23,25). The average Bonchev–Trinajstić information content (AvgIpc) is 3.49. The van der Waals surface area contributed by atoms with Gasteiger partial charge in [0.05, 0.1) is 18.2 Å². The van der Waals surface area contributed by atoms with E-state index in [2.05, 4.69) is 15.6 Å². The molecule has 132 valence electrons. The third kappa shape index (κ3) is 3.61. The van der Waals surface area contributed by atoms with E-state index >= 15 is 0 Å². The molecule has 5 nitrogen and oxygen atoms in total. The third-order valence-electron chi connectivity index (χ3n) is 4.48. The lowest BCUT2D eigenvalue weighted by Gasteiger charge is -2.12. The van der Waals surface area contributed by atoms with Gasteiger partial charge in [-0.25, -0.2) is 4.98 Å². The normalized spacial score (nSPS) is 13.4. The summed E-state index contributed by atoms with van der Waals surface area (Å²) in [5, 5.41) is 7.26. The number of hydrogen-bond donors (Lipinski definition) is 2. The number of pyridine rings is 1. The molecule has 1 aromatic heterocycles. The van der Waals surface area contributed by atoms with Crippen LogP contribution in [0.3, 0.4) is 0 Å². The van der Waals surface area contributed by atoms with Gasteiger partial charge in [0, 0.05) is 18.0 Å². The number of anilines is 1. The number of ether oxygens (including phenoxy) is 1. The monoisotopic (exact) mass is 347 g/mol. The zero-order valence-electron chi connectivity index (χ0n) is 14.7. The van der Waals surface area contributed by atoms with Crippen LogP contribution in [-0.4, -0.2) is 24.0 Å². The molecule has 3 aromatic rings. The first-order valence-corrected chi connectivity index (χ1v) is 8.80. The van der Waals surface area contributed by atoms with Gasteiger partial charge in [-0.15, -0.1) is 0 Å². The second kappa shape index (κ2) is 7.04. The van der Waals surface area contributed by atoms with E-state index in [4.69, 9.17) is 4.74 Å². The smallest absolute Gasteiger partial charge is 0.252 e. The van der Waals surface area contributed by atoms with E-state index in [9.17, 15) is 4.79 Å². The molecule has 0 radical (unpaired) electrons. The lowest BCUT2D eigenvalue weighted by molar-refractivity contribution is 0.0952. The van der Waals surface area contributed by atoms with Gasteiger partial charge in [0.15, 0.2) is 0 Å². The lowest BCUT2D eigenvalue weighted by atomic mass is 10.1. The molecule has 1 heterocycles. The minimum absolute atomic E-state index is 0.0319. The molecule has 26 heavy (non-hydrogen) atoms. The van der Waals surface area contributed by atoms with Crippen molar-refractivity contribution >= 4 is 22.6 Å². The number of nitrogens with zero attached hydrogens (tertiary/aromatic N) is 1. The van der Waals surface area contributed by atoms with Crippen molar-refractivity contribution in [1.82, 2.24) is 10.3 Å². The van der Waals surface area contributed by atoms with Crippen molar-refractivity contribution in [3.63, 3.8) is 0 Å². The van der Waals surface area contributed by atoms with Gasteiger partial charge in [0.1, 0.15) is 11.6 Å². The first-order valence-electron chi connectivity index (χ1n) is 8.80. The molecule has 0 unspecified atom stereocenters. The Morgan fingerprint density at radius 3 is 2.81 bits per heavy atom. The van der Waals surface area contributed by atoms with Gasteiger partial charge in [-0.3, -0.25) is 4.79 Å². The molecule has 1 fully saturated rings. The molecular formula is C21H21N3O2. The molecule has 1 amide bonds. The molecular weight excluding hydrogens is 326 g/mol. The second-order valence-electron chi connectivity index (χ2n) is 6.53. The third-order valence-corrected chi connectivity index (χ3v) is 4.48. The van der Waals surface area contributed by atoms with Crippen LogP contribution in [0.1, 0.15) is 28.8 Å². The molecule has 1 aliphatic rings. The van der Waals surface area contributed by atoms with Gasteiger partial charge < -0.3 is 15.4 Å². The second-order valence-corrected chi connectivity index (χ2v) is 6.53. The predicted octanol–water partition coefficient (Wildman–Crippen LogP) is 3.75. The van der Waals surface area contributed by atoms with E-state index in [1.54, 1.807) is 7.11 Å². The van der Waals surface area contributed by atoms with E-state index in [1.807, 2.05) is 54.6 Å². The van der Waals surface area contributed by atoms with Crippen LogP contribution >= 0.6 is 0 Å². The number of nitrogens with one attached hydrogen (secondary N) is 2. The Kier molecular flexibility index (Phi) is 4.44. The molecule has 0 bridgehead atoms. The summed E-state index contributed by atoms with van der Waals surface area (Å²) in [6.07, 6.45) is 2.13. The summed E-state index contributed by atoms with van der Waals surface area (Å²) in [5.74, 6) is 1.48. The van der Waals surface area contributed by atoms with E-state index in [-0.39, 0.29) is 5.91 Å². The number of rotatable bonds is 6. The number of fused-ring (bicyclic) bond motifs is 1. The molecule has 0 spiro atoms. The number of benzene rings is 2. The van der Waals surface area contributed by atoms with Gasteiger partial charge in [-0.1, -0.05) is 30.3 Å². The maximum Gasteiger partial charge on any atom is 0.252 e. The molecule has 4 rings (SSSR count). The van der Waals surface area contributed by atoms with E-state index in [0.717, 1.165) is 35.1 Å². The Hall–Kier alpha value is -3.08. The first kappa shape index (κ1) is 16.4. The minimum Gasteiger partial charge on any atom is -0.497 e. The zero-order chi connectivity index (χ0) is 17.9. The van der Waals surface area contributed by atoms with E-state index in [1.165, 1.54) is 0 Å². The fourth-order valence-electron chi connectivity index (χ4n) is 2.92. The number of para-hydroxylation sites is 1. The number of carbonyl (C=O) groups excluding carboxylic acids is 1. The highest BCUT2D eigenvalue weighted by Gasteiger charge is 2.25. The Bertz CT molecular complexity index is 951. The van der Waals surface area contributed by atoms with Crippen molar-refractivity contribution < 1.29 is 9.53 Å². The van der Waals surface area contributed by atoms with Crippen molar-refractivity contribution in [2.24, 2.45) is 0 Å². The van der Waals surface area contributed by atoms with Crippen LogP contribution < -0.4 is 15.4 Å². The quantitative estimate of drug-likeness (QED) is 0.713. The van der Waals surface area contributed by atoms with Crippen LogP contribution in [-0.2, 0) is 6.54 Å². The lowest BCUT2D eigenvalue weighted by Crippen LogP contribution is -2.25. The van der Waals surface area contributed by atoms with Gasteiger partial charge in [0.25, 0.3) is 5.91 Å². The SMILES string of the molecule is COc1cccc(CNc2cc(C(=O)NC3CC3)c3ccccc3n2)c1. The van der Waals surface area contributed by atoms with Crippen molar-refractivity contribution in [3.05, 3.63) is 65.7 Å². The fourth-order valence-corrected chi connectivity index (χ4v) is 2.92. The molecule has 0 aliphatic heterocycles. The highest BCUT2D eigenvalue weighted by atomic mass is 16.5. The molecule has 2 N–H and O–H groups in total. The first-order chi connectivity index (χ1) is 12.7. The largest absolute Gasteiger partial charge is 0.497 e. The highest BCUT2D eigenvalue weighted by molar-refractivity contribution is 6.07. The number of methoxy groups -OCH3 is 1. The van der Waals surface area contributed by atoms with Gasteiger partial charge in [-0.05, 0) is 42.7 Å². The predicted molar refractivity (Wildman–Crippen MR) is 103 cm³/mol. The highest BCUT2D eigenvalue weighted by Crippen LogP contribution is 2.24. The number of hydrogen-bond acceptors (Lipinski definition) is 4. The van der Waals surface area contributed by atoms with Gasteiger partial charge in [0.2, 0.25) is 0 Å². The Labute approximate surface area is 152 Å². The van der Waals surface area contributed by atoms with Crippen LogP contribution in [0.25, 0.3) is 10.9 Å². The Morgan fingerprint density at radius 1 is 1.15 bits per heavy atom. The summed E-state index contributed by atoms with van der Waals surface area (Å²) in [6.45, 7) is 0.603. The van der Waals surface area contributed by atoms with Crippen molar-refractivity contribution in [1.29, 1.82) is 0 Å².